The maximum absolute atomic E-state index is 12.8. The molecule has 2 N–H and O–H groups in total. The number of methoxy groups -OCH3 is 1. The smallest absolute Gasteiger partial charge is 0.338 e. The highest BCUT2D eigenvalue weighted by molar-refractivity contribution is 9.10. The minimum Gasteiger partial charge on any atom is -0.490 e. The van der Waals surface area contributed by atoms with E-state index in [1.54, 1.807) is 6.07 Å². The minimum absolute atomic E-state index is 0.296. The van der Waals surface area contributed by atoms with Crippen LogP contribution in [0.2, 0.25) is 0 Å². The Hall–Kier alpha value is -3.00. The van der Waals surface area contributed by atoms with E-state index in [1.807, 2.05) is 50.2 Å². The average Bonchev–Trinajstić information content (AvgIpc) is 2.78. The SMILES string of the molecule is CCCOc1c(Br)cc(C2NC(=O)NC(c3ccccc3)=C2C(=O)OC)cc1OCC. The lowest BCUT2D eigenvalue weighted by molar-refractivity contribution is -0.136. The molecule has 1 aliphatic heterocycles. The summed E-state index contributed by atoms with van der Waals surface area (Å²) in [5.41, 5.74) is 2.06. The van der Waals surface area contributed by atoms with Crippen molar-refractivity contribution in [3.05, 3.63) is 63.6 Å². The van der Waals surface area contributed by atoms with Gasteiger partial charge in [0, 0.05) is 0 Å². The Bertz CT molecular complexity index is 991. The van der Waals surface area contributed by atoms with Crippen molar-refractivity contribution in [3.8, 4) is 11.5 Å². The number of esters is 1. The van der Waals surface area contributed by atoms with Gasteiger partial charge in [-0.1, -0.05) is 37.3 Å². The van der Waals surface area contributed by atoms with Crippen LogP contribution in [0.25, 0.3) is 5.70 Å². The van der Waals surface area contributed by atoms with E-state index in [0.29, 0.717) is 51.6 Å². The summed E-state index contributed by atoms with van der Waals surface area (Å²) in [5.74, 6) is 0.565. The summed E-state index contributed by atoms with van der Waals surface area (Å²) in [4.78, 5) is 25.3. The molecule has 0 saturated carbocycles. The highest BCUT2D eigenvalue weighted by atomic mass is 79.9. The number of benzene rings is 2. The Morgan fingerprint density at radius 1 is 1.13 bits per heavy atom. The molecule has 0 radical (unpaired) electrons. The van der Waals surface area contributed by atoms with Crippen molar-refractivity contribution in [2.45, 2.75) is 26.3 Å². The van der Waals surface area contributed by atoms with Crippen molar-refractivity contribution in [1.29, 1.82) is 0 Å². The van der Waals surface area contributed by atoms with E-state index in [4.69, 9.17) is 14.2 Å². The zero-order valence-electron chi connectivity index (χ0n) is 17.7. The molecule has 2 amide bonds. The van der Waals surface area contributed by atoms with Gasteiger partial charge < -0.3 is 24.8 Å². The standard InChI is InChI=1S/C23H25BrN2O5/c1-4-11-31-21-16(24)12-15(13-17(21)30-5-2)20-18(22(27)29-3)19(25-23(28)26-20)14-9-7-6-8-10-14/h6-10,12-13,20H,4-5,11H2,1-3H3,(H2,25,26,28). The van der Waals surface area contributed by atoms with Gasteiger partial charge in [-0.2, -0.15) is 0 Å². The molecule has 0 spiro atoms. The van der Waals surface area contributed by atoms with E-state index in [1.165, 1.54) is 7.11 Å². The monoisotopic (exact) mass is 488 g/mol. The van der Waals surface area contributed by atoms with Crippen LogP contribution in [-0.2, 0) is 9.53 Å². The second kappa shape index (κ2) is 10.3. The van der Waals surface area contributed by atoms with E-state index < -0.39 is 18.0 Å². The Labute approximate surface area is 189 Å². The maximum Gasteiger partial charge on any atom is 0.338 e. The lowest BCUT2D eigenvalue weighted by atomic mass is 9.92. The Morgan fingerprint density at radius 2 is 1.87 bits per heavy atom. The topological polar surface area (TPSA) is 85.9 Å². The normalized spacial score (nSPS) is 15.7. The van der Waals surface area contributed by atoms with Crippen LogP contribution >= 0.6 is 15.9 Å². The predicted molar refractivity (Wildman–Crippen MR) is 121 cm³/mol. The summed E-state index contributed by atoms with van der Waals surface area (Å²) in [6.07, 6.45) is 0.847. The first-order valence-corrected chi connectivity index (χ1v) is 10.8. The summed E-state index contributed by atoms with van der Waals surface area (Å²) in [5, 5.41) is 5.58. The molecule has 31 heavy (non-hydrogen) atoms. The van der Waals surface area contributed by atoms with E-state index in [-0.39, 0.29) is 0 Å². The fourth-order valence-corrected chi connectivity index (χ4v) is 3.91. The zero-order valence-corrected chi connectivity index (χ0v) is 19.2. The molecule has 0 bridgehead atoms. The highest BCUT2D eigenvalue weighted by Gasteiger charge is 2.35. The number of ether oxygens (including phenoxy) is 3. The largest absolute Gasteiger partial charge is 0.490 e. The summed E-state index contributed by atoms with van der Waals surface area (Å²) in [7, 11) is 1.31. The molecule has 1 unspecified atom stereocenters. The number of amides is 2. The third-order valence-corrected chi connectivity index (χ3v) is 5.24. The molecule has 0 fully saturated rings. The van der Waals surface area contributed by atoms with Crippen molar-refractivity contribution in [2.24, 2.45) is 0 Å². The first kappa shape index (κ1) is 22.7. The fraction of sp³-hybridized carbons (Fsp3) is 0.304. The van der Waals surface area contributed by atoms with Crippen LogP contribution in [0.3, 0.4) is 0 Å². The van der Waals surface area contributed by atoms with Crippen molar-refractivity contribution in [1.82, 2.24) is 10.6 Å². The van der Waals surface area contributed by atoms with Crippen LogP contribution in [0.15, 0.2) is 52.5 Å². The van der Waals surface area contributed by atoms with Gasteiger partial charge in [-0.3, -0.25) is 0 Å². The zero-order chi connectivity index (χ0) is 22.4. The van der Waals surface area contributed by atoms with Gasteiger partial charge in [0.15, 0.2) is 11.5 Å². The van der Waals surface area contributed by atoms with E-state index >= 15 is 0 Å². The molecule has 164 valence electrons. The van der Waals surface area contributed by atoms with Crippen LogP contribution in [0.5, 0.6) is 11.5 Å². The van der Waals surface area contributed by atoms with Crippen molar-refractivity contribution >= 4 is 33.6 Å². The molecule has 0 aliphatic carbocycles. The second-order valence-corrected chi connectivity index (χ2v) is 7.64. The lowest BCUT2D eigenvalue weighted by Crippen LogP contribution is -2.45. The van der Waals surface area contributed by atoms with Gasteiger partial charge in [-0.15, -0.1) is 0 Å². The number of rotatable bonds is 8. The molecule has 1 aliphatic rings. The van der Waals surface area contributed by atoms with Gasteiger partial charge in [0.2, 0.25) is 0 Å². The molecule has 0 saturated heterocycles. The molecule has 1 heterocycles. The molecular weight excluding hydrogens is 464 g/mol. The van der Waals surface area contributed by atoms with E-state index in [2.05, 4.69) is 26.6 Å². The van der Waals surface area contributed by atoms with Gasteiger partial charge in [0.05, 0.1) is 42.1 Å². The van der Waals surface area contributed by atoms with E-state index in [0.717, 1.165) is 6.42 Å². The first-order chi connectivity index (χ1) is 15.0. The molecular formula is C23H25BrN2O5. The van der Waals surface area contributed by atoms with Gasteiger partial charge in [0.1, 0.15) is 0 Å². The summed E-state index contributed by atoms with van der Waals surface area (Å²) in [6, 6.07) is 11.6. The van der Waals surface area contributed by atoms with Crippen LogP contribution in [-0.4, -0.2) is 32.3 Å². The minimum atomic E-state index is -0.743. The van der Waals surface area contributed by atoms with Gasteiger partial charge in [-0.05, 0) is 52.5 Å². The summed E-state index contributed by atoms with van der Waals surface area (Å²) in [6.45, 7) is 4.87. The quantitative estimate of drug-likeness (QED) is 0.531. The third-order valence-electron chi connectivity index (χ3n) is 4.66. The summed E-state index contributed by atoms with van der Waals surface area (Å²) < 4.78 is 17.4. The number of hydrogen-bond acceptors (Lipinski definition) is 5. The van der Waals surface area contributed by atoms with Crippen LogP contribution in [0.4, 0.5) is 4.79 Å². The van der Waals surface area contributed by atoms with Crippen molar-refractivity contribution in [3.63, 3.8) is 0 Å². The molecule has 7 nitrogen and oxygen atoms in total. The number of urea groups is 1. The third kappa shape index (κ3) is 5.02. The number of carbonyl (C=O) groups is 2. The number of halogens is 1. The Balaban J connectivity index is 2.17. The van der Waals surface area contributed by atoms with Crippen LogP contribution < -0.4 is 20.1 Å². The fourth-order valence-electron chi connectivity index (χ4n) is 3.34. The molecule has 1 atom stereocenters. The van der Waals surface area contributed by atoms with E-state index in [9.17, 15) is 9.59 Å². The Morgan fingerprint density at radius 3 is 2.52 bits per heavy atom. The maximum atomic E-state index is 12.8. The lowest BCUT2D eigenvalue weighted by Gasteiger charge is -2.30. The van der Waals surface area contributed by atoms with Crippen molar-refractivity contribution in [2.75, 3.05) is 20.3 Å². The highest BCUT2D eigenvalue weighted by Crippen LogP contribution is 2.41. The van der Waals surface area contributed by atoms with Crippen LogP contribution in [0, 0.1) is 0 Å². The van der Waals surface area contributed by atoms with Gasteiger partial charge in [-0.25, -0.2) is 9.59 Å². The average molecular weight is 489 g/mol. The molecule has 3 rings (SSSR count). The van der Waals surface area contributed by atoms with Gasteiger partial charge in [0.25, 0.3) is 0 Å². The Kier molecular flexibility index (Phi) is 7.57. The number of nitrogens with one attached hydrogen (secondary N) is 2. The molecule has 2 aromatic rings. The molecule has 8 heteroatoms. The van der Waals surface area contributed by atoms with Crippen LogP contribution in [0.1, 0.15) is 37.4 Å². The first-order valence-electron chi connectivity index (χ1n) is 10.0. The second-order valence-electron chi connectivity index (χ2n) is 6.79. The molecule has 2 aromatic carbocycles. The van der Waals surface area contributed by atoms with Crippen molar-refractivity contribution < 1.29 is 23.8 Å². The summed E-state index contributed by atoms with van der Waals surface area (Å²) >= 11 is 3.55. The number of carbonyl (C=O) groups excluding carboxylic acids is 2. The predicted octanol–water partition coefficient (Wildman–Crippen LogP) is 4.57. The number of hydrogen-bond donors (Lipinski definition) is 2. The van der Waals surface area contributed by atoms with Gasteiger partial charge >= 0.3 is 12.0 Å². The molecule has 0 aromatic heterocycles.